The standard InChI is InChI=1S/C32H31FN2O4/c1-21(26-11-6-8-22-7-2-3-9-27(22)26)34-19-24-20-35(18-17-28(24)29-10-4-5-12-30(29)33)32(38)39-25-15-13-23(14-16-25)31(36)37/h2-16,21,24,28,34H,17-20H2,1H3,(H,36,37)/t21-,24?,28?/m1/s1. The molecule has 6 nitrogen and oxygen atoms in total. The van der Waals surface area contributed by atoms with Gasteiger partial charge in [-0.3, -0.25) is 0 Å². The summed E-state index contributed by atoms with van der Waals surface area (Å²) in [4.78, 5) is 25.8. The molecule has 5 rings (SSSR count). The number of carboxylic acids is 1. The number of amides is 1. The highest BCUT2D eigenvalue weighted by Gasteiger charge is 2.34. The van der Waals surface area contributed by atoms with E-state index in [0.29, 0.717) is 31.6 Å². The summed E-state index contributed by atoms with van der Waals surface area (Å²) in [5, 5.41) is 15.1. The molecule has 1 saturated heterocycles. The third-order valence-electron chi connectivity index (χ3n) is 7.58. The number of carboxylic acid groups (broad SMARTS) is 1. The van der Waals surface area contributed by atoms with E-state index in [4.69, 9.17) is 9.84 Å². The zero-order valence-electron chi connectivity index (χ0n) is 21.7. The lowest BCUT2D eigenvalue weighted by molar-refractivity contribution is 0.0697. The Balaban J connectivity index is 1.32. The molecule has 1 fully saturated rings. The molecule has 7 heteroatoms. The molecular weight excluding hydrogens is 495 g/mol. The van der Waals surface area contributed by atoms with Crippen LogP contribution >= 0.6 is 0 Å². The van der Waals surface area contributed by atoms with Gasteiger partial charge in [0.15, 0.2) is 0 Å². The lowest BCUT2D eigenvalue weighted by Crippen LogP contribution is -2.47. The van der Waals surface area contributed by atoms with Gasteiger partial charge in [0.1, 0.15) is 11.6 Å². The van der Waals surface area contributed by atoms with Crippen LogP contribution in [0.3, 0.4) is 0 Å². The zero-order chi connectivity index (χ0) is 27.4. The van der Waals surface area contributed by atoms with E-state index >= 15 is 0 Å². The minimum Gasteiger partial charge on any atom is -0.478 e. The van der Waals surface area contributed by atoms with Crippen LogP contribution in [0.5, 0.6) is 5.75 Å². The number of carbonyl (C=O) groups excluding carboxylic acids is 1. The van der Waals surface area contributed by atoms with Gasteiger partial charge in [-0.05, 0) is 77.4 Å². The topological polar surface area (TPSA) is 78.9 Å². The number of rotatable bonds is 7. The van der Waals surface area contributed by atoms with E-state index < -0.39 is 12.1 Å². The Bertz CT molecular complexity index is 1470. The number of carbonyl (C=O) groups is 2. The summed E-state index contributed by atoms with van der Waals surface area (Å²) in [6, 6.07) is 27.2. The smallest absolute Gasteiger partial charge is 0.415 e. The number of fused-ring (bicyclic) bond motifs is 1. The van der Waals surface area contributed by atoms with Crippen molar-refractivity contribution >= 4 is 22.8 Å². The maximum absolute atomic E-state index is 14.9. The minimum absolute atomic E-state index is 0.0463. The molecule has 0 bridgehead atoms. The Morgan fingerprint density at radius 1 is 1.00 bits per heavy atom. The summed E-state index contributed by atoms with van der Waals surface area (Å²) >= 11 is 0. The Kier molecular flexibility index (Phi) is 7.89. The summed E-state index contributed by atoms with van der Waals surface area (Å²) in [5.41, 5.74) is 1.97. The van der Waals surface area contributed by atoms with Crippen LogP contribution in [0.25, 0.3) is 10.8 Å². The van der Waals surface area contributed by atoms with Gasteiger partial charge in [0.05, 0.1) is 5.56 Å². The molecule has 200 valence electrons. The average Bonchev–Trinajstić information content (AvgIpc) is 2.96. The molecule has 0 spiro atoms. The molecular formula is C32H31FN2O4. The van der Waals surface area contributed by atoms with Crippen LogP contribution in [0.2, 0.25) is 0 Å². The van der Waals surface area contributed by atoms with E-state index in [1.54, 1.807) is 11.0 Å². The summed E-state index contributed by atoms with van der Waals surface area (Å²) in [5.74, 6) is -1.10. The molecule has 0 saturated carbocycles. The second-order valence-corrected chi connectivity index (χ2v) is 10.0. The minimum atomic E-state index is -1.05. The number of hydrogen-bond acceptors (Lipinski definition) is 4. The fraction of sp³-hybridized carbons (Fsp3) is 0.250. The van der Waals surface area contributed by atoms with Crippen molar-refractivity contribution in [3.8, 4) is 5.75 Å². The highest BCUT2D eigenvalue weighted by atomic mass is 19.1. The molecule has 4 aromatic carbocycles. The molecule has 0 aromatic heterocycles. The number of nitrogens with one attached hydrogen (secondary N) is 1. The van der Waals surface area contributed by atoms with Crippen LogP contribution in [-0.4, -0.2) is 41.7 Å². The van der Waals surface area contributed by atoms with Crippen molar-refractivity contribution in [3.63, 3.8) is 0 Å². The zero-order valence-corrected chi connectivity index (χ0v) is 21.7. The van der Waals surface area contributed by atoms with Crippen LogP contribution in [0.15, 0.2) is 91.0 Å². The van der Waals surface area contributed by atoms with Crippen molar-refractivity contribution in [2.24, 2.45) is 5.92 Å². The van der Waals surface area contributed by atoms with E-state index in [2.05, 4.69) is 42.6 Å². The summed E-state index contributed by atoms with van der Waals surface area (Å²) in [7, 11) is 0. The number of benzene rings is 4. The number of aromatic carboxylic acids is 1. The summed E-state index contributed by atoms with van der Waals surface area (Å²) < 4.78 is 20.4. The largest absolute Gasteiger partial charge is 0.478 e. The molecule has 2 unspecified atom stereocenters. The second kappa shape index (κ2) is 11.7. The molecule has 2 N–H and O–H groups in total. The fourth-order valence-corrected chi connectivity index (χ4v) is 5.49. The molecule has 3 atom stereocenters. The van der Waals surface area contributed by atoms with Crippen molar-refractivity contribution < 1.29 is 23.8 Å². The van der Waals surface area contributed by atoms with E-state index in [0.717, 1.165) is 0 Å². The van der Waals surface area contributed by atoms with Crippen molar-refractivity contribution in [1.82, 2.24) is 10.2 Å². The van der Waals surface area contributed by atoms with Crippen LogP contribution < -0.4 is 10.1 Å². The van der Waals surface area contributed by atoms with Gasteiger partial charge < -0.3 is 20.1 Å². The molecule has 1 heterocycles. The van der Waals surface area contributed by atoms with Gasteiger partial charge in [-0.2, -0.15) is 0 Å². The van der Waals surface area contributed by atoms with Gasteiger partial charge in [-0.15, -0.1) is 0 Å². The monoisotopic (exact) mass is 526 g/mol. The third kappa shape index (κ3) is 5.94. The normalized spacial score (nSPS) is 18.1. The summed E-state index contributed by atoms with van der Waals surface area (Å²) in [6.45, 7) is 3.54. The Labute approximate surface area is 227 Å². The first kappa shape index (κ1) is 26.4. The van der Waals surface area contributed by atoms with Crippen molar-refractivity contribution in [1.29, 1.82) is 0 Å². The molecule has 0 aliphatic carbocycles. The van der Waals surface area contributed by atoms with E-state index in [-0.39, 0.29) is 35.0 Å². The van der Waals surface area contributed by atoms with Gasteiger partial charge in [-0.25, -0.2) is 14.0 Å². The van der Waals surface area contributed by atoms with Crippen molar-refractivity contribution in [3.05, 3.63) is 114 Å². The van der Waals surface area contributed by atoms with Crippen molar-refractivity contribution in [2.45, 2.75) is 25.3 Å². The predicted molar refractivity (Wildman–Crippen MR) is 149 cm³/mol. The maximum Gasteiger partial charge on any atom is 0.415 e. The lowest BCUT2D eigenvalue weighted by atomic mass is 9.80. The quantitative estimate of drug-likeness (QED) is 0.283. The number of halogens is 1. The Morgan fingerprint density at radius 2 is 1.72 bits per heavy atom. The van der Waals surface area contributed by atoms with Crippen LogP contribution in [0.1, 0.15) is 46.8 Å². The van der Waals surface area contributed by atoms with Gasteiger partial charge >= 0.3 is 12.1 Å². The van der Waals surface area contributed by atoms with Crippen LogP contribution in [-0.2, 0) is 0 Å². The van der Waals surface area contributed by atoms with Crippen LogP contribution in [0.4, 0.5) is 9.18 Å². The highest BCUT2D eigenvalue weighted by Crippen LogP contribution is 2.35. The van der Waals surface area contributed by atoms with Gasteiger partial charge in [0.2, 0.25) is 0 Å². The number of nitrogens with zero attached hydrogens (tertiary/aromatic N) is 1. The maximum atomic E-state index is 14.9. The molecule has 1 amide bonds. The van der Waals surface area contributed by atoms with E-state index in [9.17, 15) is 14.0 Å². The molecule has 1 aliphatic rings. The highest BCUT2D eigenvalue weighted by molar-refractivity contribution is 5.88. The summed E-state index contributed by atoms with van der Waals surface area (Å²) in [6.07, 6.45) is 0.0976. The third-order valence-corrected chi connectivity index (χ3v) is 7.58. The van der Waals surface area contributed by atoms with Crippen molar-refractivity contribution in [2.75, 3.05) is 19.6 Å². The molecule has 0 radical (unpaired) electrons. The van der Waals surface area contributed by atoms with E-state index in [1.165, 1.54) is 46.7 Å². The van der Waals surface area contributed by atoms with Crippen LogP contribution in [0, 0.1) is 11.7 Å². The number of ether oxygens (including phenoxy) is 1. The number of piperidine rings is 1. The Morgan fingerprint density at radius 3 is 2.49 bits per heavy atom. The van der Waals surface area contributed by atoms with Gasteiger partial charge in [-0.1, -0.05) is 60.7 Å². The molecule has 1 aliphatic heterocycles. The first-order valence-electron chi connectivity index (χ1n) is 13.2. The number of hydrogen-bond donors (Lipinski definition) is 2. The second-order valence-electron chi connectivity index (χ2n) is 10.0. The lowest BCUT2D eigenvalue weighted by Gasteiger charge is -2.39. The number of likely N-dealkylation sites (tertiary alicyclic amines) is 1. The SMILES string of the molecule is C[C@@H](NCC1CN(C(=O)Oc2ccc(C(=O)O)cc2)CCC1c1ccccc1F)c1cccc2ccccc12. The predicted octanol–water partition coefficient (Wildman–Crippen LogP) is 6.63. The fourth-order valence-electron chi connectivity index (χ4n) is 5.49. The van der Waals surface area contributed by atoms with E-state index in [1.807, 2.05) is 24.3 Å². The first-order valence-corrected chi connectivity index (χ1v) is 13.2. The molecule has 4 aromatic rings. The first-order chi connectivity index (χ1) is 18.9. The van der Waals surface area contributed by atoms with Gasteiger partial charge in [0.25, 0.3) is 0 Å². The van der Waals surface area contributed by atoms with Gasteiger partial charge in [0, 0.05) is 25.7 Å². The molecule has 39 heavy (non-hydrogen) atoms. The Hall–Kier alpha value is -4.23. The average molecular weight is 527 g/mol.